The molecule has 0 heterocycles. The highest BCUT2D eigenvalue weighted by atomic mass is 32.2. The molecule has 3 aromatic carbocycles. The number of hydrogen-bond acceptors (Lipinski definition) is 2. The summed E-state index contributed by atoms with van der Waals surface area (Å²) in [6, 6.07) is 14.9. The van der Waals surface area contributed by atoms with Crippen LogP contribution in [0.2, 0.25) is 0 Å². The van der Waals surface area contributed by atoms with Crippen molar-refractivity contribution in [2.24, 2.45) is 0 Å². The number of benzene rings is 3. The molecule has 124 valence electrons. The molecule has 0 spiro atoms. The topological polar surface area (TPSA) is 46.2 Å². The molecular weight excluding hydrogens is 332 g/mol. The van der Waals surface area contributed by atoms with Crippen molar-refractivity contribution in [1.29, 1.82) is 0 Å². The molecule has 0 saturated carbocycles. The standard InChI is InChI=1S/C18H15F2NO2S/c1-12(15-8-4-6-13-5-2-3-7-16(13)15)21-24(22,23)18-11-14(19)9-10-17(18)20/h2-12,21H,1H3. The van der Waals surface area contributed by atoms with Crippen molar-refractivity contribution in [1.82, 2.24) is 4.72 Å². The molecule has 0 aromatic heterocycles. The van der Waals surface area contributed by atoms with Crippen molar-refractivity contribution in [2.45, 2.75) is 17.9 Å². The van der Waals surface area contributed by atoms with Gasteiger partial charge < -0.3 is 0 Å². The van der Waals surface area contributed by atoms with Gasteiger partial charge in [0.2, 0.25) is 10.0 Å². The Morgan fingerprint density at radius 3 is 2.46 bits per heavy atom. The lowest BCUT2D eigenvalue weighted by Gasteiger charge is -2.17. The van der Waals surface area contributed by atoms with Gasteiger partial charge in [-0.1, -0.05) is 42.5 Å². The summed E-state index contributed by atoms with van der Waals surface area (Å²) in [5.41, 5.74) is 0.758. The third kappa shape index (κ3) is 3.16. The predicted octanol–water partition coefficient (Wildman–Crippen LogP) is 4.16. The highest BCUT2D eigenvalue weighted by Crippen LogP contribution is 2.26. The van der Waals surface area contributed by atoms with Gasteiger partial charge in [0.1, 0.15) is 16.5 Å². The van der Waals surface area contributed by atoms with E-state index < -0.39 is 32.6 Å². The van der Waals surface area contributed by atoms with Crippen molar-refractivity contribution in [3.63, 3.8) is 0 Å². The zero-order valence-electron chi connectivity index (χ0n) is 12.8. The van der Waals surface area contributed by atoms with Crippen LogP contribution in [-0.4, -0.2) is 8.42 Å². The molecule has 0 aliphatic heterocycles. The van der Waals surface area contributed by atoms with E-state index in [1.807, 2.05) is 36.4 Å². The maximum Gasteiger partial charge on any atom is 0.244 e. The van der Waals surface area contributed by atoms with E-state index in [4.69, 9.17) is 0 Å². The Labute approximate surface area is 139 Å². The number of nitrogens with one attached hydrogen (secondary N) is 1. The molecule has 0 aliphatic carbocycles. The first kappa shape index (κ1) is 16.5. The van der Waals surface area contributed by atoms with E-state index in [-0.39, 0.29) is 0 Å². The minimum atomic E-state index is -4.19. The quantitative estimate of drug-likeness (QED) is 0.770. The van der Waals surface area contributed by atoms with Gasteiger partial charge in [-0.25, -0.2) is 21.9 Å². The lowest BCUT2D eigenvalue weighted by atomic mass is 10.0. The van der Waals surface area contributed by atoms with E-state index >= 15 is 0 Å². The van der Waals surface area contributed by atoms with Crippen LogP contribution < -0.4 is 4.72 Å². The Morgan fingerprint density at radius 1 is 0.958 bits per heavy atom. The fourth-order valence-corrected chi connectivity index (χ4v) is 3.98. The smallest absolute Gasteiger partial charge is 0.207 e. The molecule has 1 atom stereocenters. The average molecular weight is 347 g/mol. The Bertz CT molecular complexity index is 998. The van der Waals surface area contributed by atoms with Gasteiger partial charge in [-0.05, 0) is 41.5 Å². The molecule has 24 heavy (non-hydrogen) atoms. The fourth-order valence-electron chi connectivity index (χ4n) is 2.67. The minimum absolute atomic E-state index is 0.608. The van der Waals surface area contributed by atoms with E-state index in [9.17, 15) is 17.2 Å². The van der Waals surface area contributed by atoms with Crippen molar-refractivity contribution in [3.8, 4) is 0 Å². The summed E-state index contributed by atoms with van der Waals surface area (Å²) >= 11 is 0. The van der Waals surface area contributed by atoms with E-state index in [1.54, 1.807) is 13.0 Å². The van der Waals surface area contributed by atoms with Crippen LogP contribution in [0.5, 0.6) is 0 Å². The Balaban J connectivity index is 1.99. The molecule has 0 bridgehead atoms. The summed E-state index contributed by atoms with van der Waals surface area (Å²) in [7, 11) is -4.19. The molecule has 0 saturated heterocycles. The third-order valence-corrected chi connectivity index (χ3v) is 5.36. The van der Waals surface area contributed by atoms with Crippen LogP contribution in [0.15, 0.2) is 65.6 Å². The van der Waals surface area contributed by atoms with Crippen LogP contribution in [0.1, 0.15) is 18.5 Å². The van der Waals surface area contributed by atoms with Crippen LogP contribution >= 0.6 is 0 Å². The molecule has 1 unspecified atom stereocenters. The second-order valence-electron chi connectivity index (χ2n) is 5.49. The Morgan fingerprint density at radius 2 is 1.67 bits per heavy atom. The molecule has 0 fully saturated rings. The third-order valence-electron chi connectivity index (χ3n) is 3.80. The zero-order chi connectivity index (χ0) is 17.3. The molecule has 3 nitrogen and oxygen atoms in total. The van der Waals surface area contributed by atoms with Crippen LogP contribution in [0.4, 0.5) is 8.78 Å². The predicted molar refractivity (Wildman–Crippen MR) is 89.0 cm³/mol. The molecule has 3 aromatic rings. The molecule has 6 heteroatoms. The summed E-state index contributed by atoms with van der Waals surface area (Å²) in [5.74, 6) is -1.80. The van der Waals surface area contributed by atoms with E-state index in [0.29, 0.717) is 6.07 Å². The summed E-state index contributed by atoms with van der Waals surface area (Å²) in [4.78, 5) is -0.699. The SMILES string of the molecule is CC(NS(=O)(=O)c1cc(F)ccc1F)c1cccc2ccccc12. The lowest BCUT2D eigenvalue weighted by molar-refractivity contribution is 0.538. The summed E-state index contributed by atoms with van der Waals surface area (Å²) in [5, 5.41) is 1.87. The second kappa shape index (κ2) is 6.30. The van der Waals surface area contributed by atoms with Crippen molar-refractivity contribution >= 4 is 20.8 Å². The van der Waals surface area contributed by atoms with Gasteiger partial charge in [-0.2, -0.15) is 0 Å². The van der Waals surface area contributed by atoms with Crippen molar-refractivity contribution in [2.75, 3.05) is 0 Å². The van der Waals surface area contributed by atoms with Crippen LogP contribution in [0, 0.1) is 11.6 Å². The van der Waals surface area contributed by atoms with Gasteiger partial charge in [0.25, 0.3) is 0 Å². The van der Waals surface area contributed by atoms with Crippen LogP contribution in [0.25, 0.3) is 10.8 Å². The first-order chi connectivity index (χ1) is 11.4. The Kier molecular flexibility index (Phi) is 4.34. The van der Waals surface area contributed by atoms with E-state index in [2.05, 4.69) is 4.72 Å². The first-order valence-corrected chi connectivity index (χ1v) is 8.82. The maximum absolute atomic E-state index is 13.8. The van der Waals surface area contributed by atoms with Crippen molar-refractivity contribution in [3.05, 3.63) is 77.9 Å². The maximum atomic E-state index is 13.8. The monoisotopic (exact) mass is 347 g/mol. The molecule has 0 aliphatic rings. The average Bonchev–Trinajstić information content (AvgIpc) is 2.56. The summed E-state index contributed by atoms with van der Waals surface area (Å²) < 4.78 is 54.3. The first-order valence-electron chi connectivity index (χ1n) is 7.33. The van der Waals surface area contributed by atoms with Gasteiger partial charge in [-0.15, -0.1) is 0 Å². The fraction of sp³-hybridized carbons (Fsp3) is 0.111. The molecular formula is C18H15F2NO2S. The molecule has 3 rings (SSSR count). The number of rotatable bonds is 4. The van der Waals surface area contributed by atoms with E-state index in [1.165, 1.54) is 0 Å². The number of fused-ring (bicyclic) bond motifs is 1. The minimum Gasteiger partial charge on any atom is -0.207 e. The zero-order valence-corrected chi connectivity index (χ0v) is 13.6. The van der Waals surface area contributed by atoms with Crippen LogP contribution in [-0.2, 0) is 10.0 Å². The molecule has 1 N–H and O–H groups in total. The summed E-state index contributed by atoms with van der Waals surface area (Å²) in [6.45, 7) is 1.66. The van der Waals surface area contributed by atoms with Gasteiger partial charge in [-0.3, -0.25) is 0 Å². The number of sulfonamides is 1. The number of halogens is 2. The highest BCUT2D eigenvalue weighted by Gasteiger charge is 2.23. The second-order valence-corrected chi connectivity index (χ2v) is 7.17. The van der Waals surface area contributed by atoms with Crippen LogP contribution in [0.3, 0.4) is 0 Å². The van der Waals surface area contributed by atoms with Gasteiger partial charge >= 0.3 is 0 Å². The number of hydrogen-bond donors (Lipinski definition) is 1. The lowest BCUT2D eigenvalue weighted by Crippen LogP contribution is -2.28. The highest BCUT2D eigenvalue weighted by molar-refractivity contribution is 7.89. The molecule has 0 amide bonds. The Hall–Kier alpha value is -2.31. The van der Waals surface area contributed by atoms with Crippen molar-refractivity contribution < 1.29 is 17.2 Å². The normalized spacial score (nSPS) is 13.1. The largest absolute Gasteiger partial charge is 0.244 e. The summed E-state index contributed by atoms with van der Waals surface area (Å²) in [6.07, 6.45) is 0. The van der Waals surface area contributed by atoms with E-state index in [0.717, 1.165) is 28.5 Å². The van der Waals surface area contributed by atoms with Gasteiger partial charge in [0.15, 0.2) is 0 Å². The van der Waals surface area contributed by atoms with Gasteiger partial charge in [0.05, 0.1) is 0 Å². The van der Waals surface area contributed by atoms with Gasteiger partial charge in [0, 0.05) is 6.04 Å². The molecule has 0 radical (unpaired) electrons.